The van der Waals surface area contributed by atoms with Gasteiger partial charge in [-0.1, -0.05) is 0 Å². The molecule has 0 aromatic carbocycles. The standard InChI is InChI=1S/C10H10N2O4/c1-6(13)12-9-3-2-7(4-11-9)8-5-15-10(14)16-8/h2-4,8H,5H2,1H3,(H,11,12,13). The lowest BCUT2D eigenvalue weighted by molar-refractivity contribution is -0.114. The molecule has 1 aromatic rings. The van der Waals surface area contributed by atoms with E-state index >= 15 is 0 Å². The van der Waals surface area contributed by atoms with E-state index in [-0.39, 0.29) is 12.5 Å². The zero-order valence-corrected chi connectivity index (χ0v) is 8.60. The minimum absolute atomic E-state index is 0.184. The number of carbonyl (C=O) groups excluding carboxylic acids is 2. The van der Waals surface area contributed by atoms with E-state index in [4.69, 9.17) is 4.74 Å². The molecular formula is C10H10N2O4. The van der Waals surface area contributed by atoms with Crippen LogP contribution in [0.15, 0.2) is 18.3 Å². The van der Waals surface area contributed by atoms with Crippen molar-refractivity contribution in [1.29, 1.82) is 0 Å². The molecule has 0 radical (unpaired) electrons. The fraction of sp³-hybridized carbons (Fsp3) is 0.300. The Balaban J connectivity index is 2.07. The molecular weight excluding hydrogens is 212 g/mol. The van der Waals surface area contributed by atoms with Gasteiger partial charge in [0, 0.05) is 18.7 Å². The molecule has 1 aliphatic rings. The molecule has 1 atom stereocenters. The molecule has 1 aromatic heterocycles. The van der Waals surface area contributed by atoms with Gasteiger partial charge in [-0.15, -0.1) is 0 Å². The van der Waals surface area contributed by atoms with Crippen LogP contribution in [0.2, 0.25) is 0 Å². The summed E-state index contributed by atoms with van der Waals surface area (Å²) in [5, 5.41) is 2.54. The van der Waals surface area contributed by atoms with Gasteiger partial charge in [-0.3, -0.25) is 4.79 Å². The topological polar surface area (TPSA) is 77.5 Å². The first-order valence-electron chi connectivity index (χ1n) is 4.72. The van der Waals surface area contributed by atoms with Crippen LogP contribution in [0.25, 0.3) is 0 Å². The van der Waals surface area contributed by atoms with Gasteiger partial charge in [-0.2, -0.15) is 0 Å². The first kappa shape index (κ1) is 10.4. The number of ether oxygens (including phenoxy) is 2. The summed E-state index contributed by atoms with van der Waals surface area (Å²) >= 11 is 0. The van der Waals surface area contributed by atoms with Crippen molar-refractivity contribution in [2.24, 2.45) is 0 Å². The third-order valence-electron chi connectivity index (χ3n) is 2.05. The molecule has 2 rings (SSSR count). The maximum absolute atomic E-state index is 10.8. The smallest absolute Gasteiger partial charge is 0.430 e. The molecule has 1 amide bonds. The van der Waals surface area contributed by atoms with E-state index in [1.165, 1.54) is 13.1 Å². The molecule has 1 unspecified atom stereocenters. The molecule has 0 aliphatic carbocycles. The van der Waals surface area contributed by atoms with E-state index in [0.29, 0.717) is 5.82 Å². The predicted molar refractivity (Wildman–Crippen MR) is 53.7 cm³/mol. The molecule has 6 nitrogen and oxygen atoms in total. The third-order valence-corrected chi connectivity index (χ3v) is 2.05. The lowest BCUT2D eigenvalue weighted by atomic mass is 10.2. The Kier molecular flexibility index (Phi) is 2.72. The van der Waals surface area contributed by atoms with Crippen molar-refractivity contribution in [1.82, 2.24) is 4.98 Å². The van der Waals surface area contributed by atoms with Gasteiger partial charge in [-0.05, 0) is 12.1 Å². The van der Waals surface area contributed by atoms with Crippen molar-refractivity contribution < 1.29 is 19.1 Å². The number of amides is 1. The SMILES string of the molecule is CC(=O)Nc1ccc(C2COC(=O)O2)cn1. The van der Waals surface area contributed by atoms with E-state index in [0.717, 1.165) is 5.56 Å². The Morgan fingerprint density at radius 2 is 2.38 bits per heavy atom. The molecule has 0 saturated carbocycles. The number of nitrogens with zero attached hydrogens (tertiary/aromatic N) is 1. The summed E-state index contributed by atoms with van der Waals surface area (Å²) in [6.45, 7) is 1.60. The van der Waals surface area contributed by atoms with Gasteiger partial charge in [0.05, 0.1) is 0 Å². The van der Waals surface area contributed by atoms with Crippen LogP contribution in [0.3, 0.4) is 0 Å². The maximum atomic E-state index is 10.8. The minimum atomic E-state index is -0.670. The number of anilines is 1. The number of hydrogen-bond donors (Lipinski definition) is 1. The Morgan fingerprint density at radius 3 is 2.88 bits per heavy atom. The molecule has 1 saturated heterocycles. The molecule has 2 heterocycles. The fourth-order valence-corrected chi connectivity index (χ4v) is 1.34. The quantitative estimate of drug-likeness (QED) is 0.762. The summed E-state index contributed by atoms with van der Waals surface area (Å²) in [5.41, 5.74) is 0.736. The van der Waals surface area contributed by atoms with Gasteiger partial charge >= 0.3 is 6.16 Å². The normalized spacial score (nSPS) is 18.8. The highest BCUT2D eigenvalue weighted by atomic mass is 16.8. The summed E-state index contributed by atoms with van der Waals surface area (Å²) in [6, 6.07) is 3.37. The summed E-state index contributed by atoms with van der Waals surface area (Å²) < 4.78 is 9.54. The molecule has 1 aliphatic heterocycles. The predicted octanol–water partition coefficient (Wildman–Crippen LogP) is 1.25. The van der Waals surface area contributed by atoms with Crippen molar-refractivity contribution in [3.63, 3.8) is 0 Å². The summed E-state index contributed by atoms with van der Waals surface area (Å²) in [6.07, 6.45) is 0.458. The van der Waals surface area contributed by atoms with Gasteiger partial charge in [0.25, 0.3) is 0 Å². The van der Waals surface area contributed by atoms with E-state index in [1.807, 2.05) is 0 Å². The van der Waals surface area contributed by atoms with E-state index in [2.05, 4.69) is 15.0 Å². The maximum Gasteiger partial charge on any atom is 0.509 e. The zero-order valence-electron chi connectivity index (χ0n) is 8.60. The highest BCUT2D eigenvalue weighted by molar-refractivity contribution is 5.87. The fourth-order valence-electron chi connectivity index (χ4n) is 1.34. The van der Waals surface area contributed by atoms with Crippen LogP contribution in [0.5, 0.6) is 0 Å². The molecule has 1 N–H and O–H groups in total. The number of cyclic esters (lactones) is 2. The number of carbonyl (C=O) groups is 2. The Hall–Kier alpha value is -2.11. The summed E-state index contributed by atoms with van der Waals surface area (Å²) in [7, 11) is 0. The van der Waals surface area contributed by atoms with Crippen molar-refractivity contribution in [2.45, 2.75) is 13.0 Å². The van der Waals surface area contributed by atoms with Crippen molar-refractivity contribution in [3.8, 4) is 0 Å². The third kappa shape index (κ3) is 2.28. The largest absolute Gasteiger partial charge is 0.509 e. The van der Waals surface area contributed by atoms with Gasteiger partial charge in [0.1, 0.15) is 12.4 Å². The zero-order chi connectivity index (χ0) is 11.5. The lowest BCUT2D eigenvalue weighted by Crippen LogP contribution is -2.08. The van der Waals surface area contributed by atoms with Crippen molar-refractivity contribution in [3.05, 3.63) is 23.9 Å². The molecule has 6 heteroatoms. The van der Waals surface area contributed by atoms with Gasteiger partial charge in [0.2, 0.25) is 5.91 Å². The number of rotatable bonds is 2. The van der Waals surface area contributed by atoms with Crippen LogP contribution in [-0.4, -0.2) is 23.7 Å². The first-order chi connectivity index (χ1) is 7.65. The number of aromatic nitrogens is 1. The Labute approximate surface area is 91.6 Å². The van der Waals surface area contributed by atoms with Gasteiger partial charge < -0.3 is 14.8 Å². The number of nitrogens with one attached hydrogen (secondary N) is 1. The second-order valence-electron chi connectivity index (χ2n) is 3.33. The average molecular weight is 222 g/mol. The first-order valence-corrected chi connectivity index (χ1v) is 4.72. The van der Waals surface area contributed by atoms with Crippen LogP contribution in [0, 0.1) is 0 Å². The van der Waals surface area contributed by atoms with Crippen LogP contribution in [-0.2, 0) is 14.3 Å². The summed E-state index contributed by atoms with van der Waals surface area (Å²) in [4.78, 5) is 25.5. The molecule has 16 heavy (non-hydrogen) atoms. The van der Waals surface area contributed by atoms with Gasteiger partial charge in [0.15, 0.2) is 6.10 Å². The number of pyridine rings is 1. The van der Waals surface area contributed by atoms with Crippen molar-refractivity contribution in [2.75, 3.05) is 11.9 Å². The summed E-state index contributed by atoms with van der Waals surface area (Å²) in [5.74, 6) is 0.275. The molecule has 1 fully saturated rings. The Bertz CT molecular complexity index is 415. The second-order valence-corrected chi connectivity index (χ2v) is 3.33. The Morgan fingerprint density at radius 1 is 1.56 bits per heavy atom. The van der Waals surface area contributed by atoms with Gasteiger partial charge in [-0.25, -0.2) is 9.78 Å². The van der Waals surface area contributed by atoms with E-state index < -0.39 is 12.3 Å². The van der Waals surface area contributed by atoms with Crippen LogP contribution < -0.4 is 5.32 Å². The van der Waals surface area contributed by atoms with E-state index in [1.54, 1.807) is 12.1 Å². The molecule has 0 bridgehead atoms. The van der Waals surface area contributed by atoms with Crippen LogP contribution in [0.1, 0.15) is 18.6 Å². The number of hydrogen-bond acceptors (Lipinski definition) is 5. The highest BCUT2D eigenvalue weighted by Crippen LogP contribution is 2.23. The monoisotopic (exact) mass is 222 g/mol. The molecule has 0 spiro atoms. The lowest BCUT2D eigenvalue weighted by Gasteiger charge is -2.06. The second kappa shape index (κ2) is 4.18. The van der Waals surface area contributed by atoms with Crippen molar-refractivity contribution >= 4 is 17.9 Å². The highest BCUT2D eigenvalue weighted by Gasteiger charge is 2.26. The molecule has 84 valence electrons. The van der Waals surface area contributed by atoms with Crippen LogP contribution in [0.4, 0.5) is 10.6 Å². The van der Waals surface area contributed by atoms with E-state index in [9.17, 15) is 9.59 Å². The van der Waals surface area contributed by atoms with Crippen LogP contribution >= 0.6 is 0 Å². The average Bonchev–Trinajstić information content (AvgIpc) is 2.65. The minimum Gasteiger partial charge on any atom is -0.430 e.